The summed E-state index contributed by atoms with van der Waals surface area (Å²) in [5, 5.41) is 4.60. The van der Waals surface area contributed by atoms with E-state index in [1.54, 1.807) is 18.9 Å². The number of aryl methyl sites for hydroxylation is 1. The van der Waals surface area contributed by atoms with Gasteiger partial charge in [0.1, 0.15) is 0 Å². The van der Waals surface area contributed by atoms with Crippen LogP contribution in [0.2, 0.25) is 10.2 Å². The Hall–Kier alpha value is -1.52. The smallest absolute Gasteiger partial charge is 0.229 e. The van der Waals surface area contributed by atoms with E-state index in [1.807, 2.05) is 31.2 Å². The van der Waals surface area contributed by atoms with Gasteiger partial charge in [-0.05, 0) is 43.1 Å². The zero-order valence-electron chi connectivity index (χ0n) is 12.1. The molecule has 0 saturated carbocycles. The van der Waals surface area contributed by atoms with Crippen molar-refractivity contribution >= 4 is 29.1 Å². The topological polar surface area (TPSA) is 46.3 Å². The fraction of sp³-hybridized carbons (Fsp3) is 0.333. The SMILES string of the molecule is Cc1noc(Cl)c1CC(=O)N(C)[C@H](C)c1ccc(Cl)cc1. The quantitative estimate of drug-likeness (QED) is 0.851. The first-order chi connectivity index (χ1) is 9.90. The molecule has 1 heterocycles. The van der Waals surface area contributed by atoms with Crippen LogP contribution < -0.4 is 0 Å². The molecule has 0 aliphatic heterocycles. The second-order valence-electron chi connectivity index (χ2n) is 4.93. The van der Waals surface area contributed by atoms with Crippen molar-refractivity contribution in [2.24, 2.45) is 0 Å². The number of hydrogen-bond acceptors (Lipinski definition) is 3. The Morgan fingerprint density at radius 2 is 1.95 bits per heavy atom. The lowest BCUT2D eigenvalue weighted by Gasteiger charge is -2.25. The largest absolute Gasteiger partial charge is 0.344 e. The van der Waals surface area contributed by atoms with Crippen molar-refractivity contribution in [2.75, 3.05) is 7.05 Å². The Morgan fingerprint density at radius 1 is 1.33 bits per heavy atom. The molecule has 0 bridgehead atoms. The molecule has 0 radical (unpaired) electrons. The van der Waals surface area contributed by atoms with Gasteiger partial charge in [-0.15, -0.1) is 0 Å². The van der Waals surface area contributed by atoms with Gasteiger partial charge in [-0.1, -0.05) is 28.9 Å². The van der Waals surface area contributed by atoms with Crippen LogP contribution in [0.4, 0.5) is 0 Å². The second-order valence-corrected chi connectivity index (χ2v) is 5.71. The Kier molecular flexibility index (Phi) is 4.91. The highest BCUT2D eigenvalue weighted by atomic mass is 35.5. The third-order valence-corrected chi connectivity index (χ3v) is 4.14. The highest BCUT2D eigenvalue weighted by Gasteiger charge is 2.21. The van der Waals surface area contributed by atoms with E-state index < -0.39 is 0 Å². The molecular formula is C15H16Cl2N2O2. The molecule has 2 rings (SSSR count). The van der Waals surface area contributed by atoms with E-state index in [9.17, 15) is 4.79 Å². The summed E-state index contributed by atoms with van der Waals surface area (Å²) in [5.74, 6) is -0.0503. The van der Waals surface area contributed by atoms with Gasteiger partial charge in [0.25, 0.3) is 0 Å². The van der Waals surface area contributed by atoms with Gasteiger partial charge in [-0.2, -0.15) is 0 Å². The molecule has 0 unspecified atom stereocenters. The van der Waals surface area contributed by atoms with Crippen LogP contribution in [0.5, 0.6) is 0 Å². The number of carbonyl (C=O) groups is 1. The number of hydrogen-bond donors (Lipinski definition) is 0. The van der Waals surface area contributed by atoms with Crippen LogP contribution in [0, 0.1) is 6.92 Å². The number of nitrogens with zero attached hydrogens (tertiary/aromatic N) is 2. The summed E-state index contributed by atoms with van der Waals surface area (Å²) in [6.07, 6.45) is 0.169. The summed E-state index contributed by atoms with van der Waals surface area (Å²) >= 11 is 11.8. The summed E-state index contributed by atoms with van der Waals surface area (Å²) in [5.41, 5.74) is 2.29. The highest BCUT2D eigenvalue weighted by Crippen LogP contribution is 2.24. The Balaban J connectivity index is 2.10. The number of likely N-dealkylation sites (N-methyl/N-ethyl adjacent to an activating group) is 1. The maximum absolute atomic E-state index is 12.4. The minimum Gasteiger partial charge on any atom is -0.344 e. The molecule has 1 aromatic heterocycles. The Morgan fingerprint density at radius 3 is 2.48 bits per heavy atom. The lowest BCUT2D eigenvalue weighted by atomic mass is 10.1. The average Bonchev–Trinajstić information content (AvgIpc) is 2.78. The van der Waals surface area contributed by atoms with Gasteiger partial charge in [-0.3, -0.25) is 4.79 Å². The predicted molar refractivity (Wildman–Crippen MR) is 82.6 cm³/mol. The summed E-state index contributed by atoms with van der Waals surface area (Å²) in [7, 11) is 1.76. The van der Waals surface area contributed by atoms with E-state index in [2.05, 4.69) is 5.16 Å². The maximum Gasteiger partial charge on any atom is 0.229 e. The fourth-order valence-corrected chi connectivity index (χ4v) is 2.38. The average molecular weight is 327 g/mol. The van der Waals surface area contributed by atoms with Gasteiger partial charge >= 0.3 is 0 Å². The third kappa shape index (κ3) is 3.57. The van der Waals surface area contributed by atoms with E-state index in [-0.39, 0.29) is 23.6 Å². The summed E-state index contributed by atoms with van der Waals surface area (Å²) in [6, 6.07) is 7.39. The molecule has 0 N–H and O–H groups in total. The van der Waals surface area contributed by atoms with E-state index in [1.165, 1.54) is 0 Å². The lowest BCUT2D eigenvalue weighted by molar-refractivity contribution is -0.131. The van der Waals surface area contributed by atoms with Crippen molar-refractivity contribution in [3.05, 3.63) is 51.3 Å². The van der Waals surface area contributed by atoms with Crippen molar-refractivity contribution in [3.8, 4) is 0 Å². The molecule has 0 spiro atoms. The lowest BCUT2D eigenvalue weighted by Crippen LogP contribution is -2.31. The van der Waals surface area contributed by atoms with E-state index in [0.29, 0.717) is 16.3 Å². The molecule has 1 aromatic carbocycles. The standard InChI is InChI=1S/C15H16Cl2N2O2/c1-9-13(15(17)21-18-9)8-14(20)19(3)10(2)11-4-6-12(16)7-5-11/h4-7,10H,8H2,1-3H3/t10-/m1/s1. The molecule has 0 aliphatic rings. The molecule has 4 nitrogen and oxygen atoms in total. The number of benzene rings is 1. The molecule has 1 amide bonds. The zero-order valence-corrected chi connectivity index (χ0v) is 13.6. The summed E-state index contributed by atoms with van der Waals surface area (Å²) in [6.45, 7) is 3.73. The van der Waals surface area contributed by atoms with Crippen molar-refractivity contribution in [3.63, 3.8) is 0 Å². The second kappa shape index (κ2) is 6.50. The van der Waals surface area contributed by atoms with Gasteiger partial charge < -0.3 is 9.42 Å². The number of aromatic nitrogens is 1. The monoisotopic (exact) mass is 326 g/mol. The van der Waals surface area contributed by atoms with Crippen LogP contribution in [-0.4, -0.2) is 23.0 Å². The molecule has 0 aliphatic carbocycles. The number of carbonyl (C=O) groups excluding carboxylic acids is 1. The van der Waals surface area contributed by atoms with Gasteiger partial charge in [0.15, 0.2) is 0 Å². The van der Waals surface area contributed by atoms with Crippen LogP contribution in [0.15, 0.2) is 28.8 Å². The van der Waals surface area contributed by atoms with Gasteiger partial charge in [0.05, 0.1) is 18.2 Å². The molecule has 1 atom stereocenters. The normalized spacial score (nSPS) is 12.2. The number of halogens is 2. The van der Waals surface area contributed by atoms with Gasteiger partial charge in [0, 0.05) is 17.6 Å². The van der Waals surface area contributed by atoms with E-state index in [4.69, 9.17) is 27.7 Å². The first-order valence-electron chi connectivity index (χ1n) is 6.52. The summed E-state index contributed by atoms with van der Waals surface area (Å²) in [4.78, 5) is 14.0. The van der Waals surface area contributed by atoms with E-state index >= 15 is 0 Å². The zero-order chi connectivity index (χ0) is 15.6. The first-order valence-corrected chi connectivity index (χ1v) is 7.27. The Labute approximate surface area is 133 Å². The maximum atomic E-state index is 12.4. The molecule has 2 aromatic rings. The molecular weight excluding hydrogens is 311 g/mol. The van der Waals surface area contributed by atoms with Crippen LogP contribution in [0.3, 0.4) is 0 Å². The van der Waals surface area contributed by atoms with Crippen molar-refractivity contribution in [1.82, 2.24) is 10.1 Å². The van der Waals surface area contributed by atoms with Crippen LogP contribution in [-0.2, 0) is 11.2 Å². The minimum atomic E-state index is -0.0614. The van der Waals surface area contributed by atoms with Gasteiger partial charge in [-0.25, -0.2) is 0 Å². The minimum absolute atomic E-state index is 0.0503. The fourth-order valence-electron chi connectivity index (χ4n) is 2.02. The molecule has 112 valence electrons. The van der Waals surface area contributed by atoms with Gasteiger partial charge in [0.2, 0.25) is 11.1 Å². The van der Waals surface area contributed by atoms with Crippen LogP contribution in [0.25, 0.3) is 0 Å². The number of amides is 1. The predicted octanol–water partition coefficient (Wildman–Crippen LogP) is 4.05. The Bertz CT molecular complexity index is 618. The number of rotatable bonds is 4. The highest BCUT2D eigenvalue weighted by molar-refractivity contribution is 6.30. The van der Waals surface area contributed by atoms with Crippen molar-refractivity contribution < 1.29 is 9.32 Å². The molecule has 21 heavy (non-hydrogen) atoms. The third-order valence-electron chi connectivity index (χ3n) is 3.59. The van der Waals surface area contributed by atoms with Crippen molar-refractivity contribution in [1.29, 1.82) is 0 Å². The van der Waals surface area contributed by atoms with Crippen LogP contribution >= 0.6 is 23.2 Å². The first kappa shape index (κ1) is 15.9. The molecule has 6 heteroatoms. The van der Waals surface area contributed by atoms with Crippen molar-refractivity contribution in [2.45, 2.75) is 26.3 Å². The summed E-state index contributed by atoms with van der Waals surface area (Å²) < 4.78 is 4.86. The molecule has 0 fully saturated rings. The van der Waals surface area contributed by atoms with E-state index in [0.717, 1.165) is 5.56 Å². The van der Waals surface area contributed by atoms with Crippen LogP contribution in [0.1, 0.15) is 29.8 Å². The molecule has 0 saturated heterocycles.